The Balaban J connectivity index is 2.82. The van der Waals surface area contributed by atoms with Crippen LogP contribution in [0.25, 0.3) is 0 Å². The number of phenolic OH excluding ortho intramolecular Hbond substituents is 1. The summed E-state index contributed by atoms with van der Waals surface area (Å²) in [4.78, 5) is 11.2. The number of phenols is 1. The maximum atomic E-state index is 11.2. The van der Waals surface area contributed by atoms with Crippen LogP contribution < -0.4 is 4.74 Å². The molecule has 3 heteroatoms. The summed E-state index contributed by atoms with van der Waals surface area (Å²) in [6.45, 7) is 7.79. The van der Waals surface area contributed by atoms with Crippen LogP contribution in [0.5, 0.6) is 11.5 Å². The molecule has 0 fully saturated rings. The molecule has 1 N–H and O–H groups in total. The fraction of sp³-hybridized carbons (Fsp3) is 0.462. The summed E-state index contributed by atoms with van der Waals surface area (Å²) in [6.07, 6.45) is 0.903. The molecular weight excluding hydrogens is 204 g/mol. The van der Waals surface area contributed by atoms with Gasteiger partial charge in [-0.25, -0.2) is 0 Å². The van der Waals surface area contributed by atoms with Crippen molar-refractivity contribution in [2.24, 2.45) is 0 Å². The number of hydrogen-bond donors (Lipinski definition) is 1. The van der Waals surface area contributed by atoms with Crippen LogP contribution in [0.4, 0.5) is 0 Å². The van der Waals surface area contributed by atoms with E-state index in [1.54, 1.807) is 0 Å². The second-order valence-electron chi connectivity index (χ2n) is 4.75. The lowest BCUT2D eigenvalue weighted by molar-refractivity contribution is -0.112. The number of carbonyl (C=O) groups excluding carboxylic acids is 1. The number of ether oxygens (including phenoxy) is 1. The zero-order valence-electron chi connectivity index (χ0n) is 10.0. The molecule has 1 atom stereocenters. The lowest BCUT2D eigenvalue weighted by Crippen LogP contribution is -2.26. The van der Waals surface area contributed by atoms with Crippen LogP contribution in [-0.4, -0.2) is 18.0 Å². The number of hydrogen-bond acceptors (Lipinski definition) is 3. The number of fused-ring (bicyclic) bond motifs is 1. The number of benzene rings is 1. The van der Waals surface area contributed by atoms with Gasteiger partial charge < -0.3 is 14.6 Å². The van der Waals surface area contributed by atoms with Crippen molar-refractivity contribution in [1.82, 2.24) is 0 Å². The summed E-state index contributed by atoms with van der Waals surface area (Å²) in [7, 11) is 0. The quantitative estimate of drug-likeness (QED) is 0.738. The van der Waals surface area contributed by atoms with Crippen molar-refractivity contribution >= 4 is 6.29 Å². The monoisotopic (exact) mass is 220 g/mol. The normalized spacial score (nSPS) is 22.8. The number of aromatic hydroxyl groups is 1. The van der Waals surface area contributed by atoms with Crippen LogP contribution >= 0.6 is 0 Å². The first kappa shape index (κ1) is 11.0. The number of carbonyl (C=O) groups is 1. The Morgan fingerprint density at radius 3 is 2.44 bits per heavy atom. The van der Waals surface area contributed by atoms with Gasteiger partial charge >= 0.3 is 0 Å². The standard InChI is InChI=1S/C13H16O3/c1-7-8(2)12-10(9(3)11(7)15)13(4,5-14)6-16-12/h5,15H,6H2,1-4H3. The minimum Gasteiger partial charge on any atom is -0.507 e. The molecule has 16 heavy (non-hydrogen) atoms. The van der Waals surface area contributed by atoms with Crippen molar-refractivity contribution in [3.05, 3.63) is 22.3 Å². The Labute approximate surface area is 95.0 Å². The van der Waals surface area contributed by atoms with Gasteiger partial charge in [-0.15, -0.1) is 0 Å². The van der Waals surface area contributed by atoms with E-state index in [-0.39, 0.29) is 5.75 Å². The molecule has 0 amide bonds. The van der Waals surface area contributed by atoms with Crippen LogP contribution in [-0.2, 0) is 10.2 Å². The maximum absolute atomic E-state index is 11.2. The van der Waals surface area contributed by atoms with Crippen molar-refractivity contribution in [3.63, 3.8) is 0 Å². The smallest absolute Gasteiger partial charge is 0.133 e. The van der Waals surface area contributed by atoms with Gasteiger partial charge in [-0.3, -0.25) is 0 Å². The average Bonchev–Trinajstić information content (AvgIpc) is 2.62. The third-order valence-corrected chi connectivity index (χ3v) is 3.56. The van der Waals surface area contributed by atoms with E-state index in [1.807, 2.05) is 27.7 Å². The largest absolute Gasteiger partial charge is 0.507 e. The van der Waals surface area contributed by atoms with Gasteiger partial charge in [0.1, 0.15) is 24.4 Å². The van der Waals surface area contributed by atoms with Crippen LogP contribution in [0.15, 0.2) is 0 Å². The van der Waals surface area contributed by atoms with Crippen LogP contribution in [0.1, 0.15) is 29.2 Å². The third kappa shape index (κ3) is 1.17. The predicted octanol–water partition coefficient (Wildman–Crippen LogP) is 2.17. The summed E-state index contributed by atoms with van der Waals surface area (Å²) in [5.41, 5.74) is 2.71. The molecule has 0 bridgehead atoms. The molecule has 1 heterocycles. The molecule has 1 aromatic carbocycles. The molecular formula is C13H16O3. The van der Waals surface area contributed by atoms with Gasteiger partial charge in [0, 0.05) is 5.56 Å². The minimum atomic E-state index is -0.630. The van der Waals surface area contributed by atoms with Crippen LogP contribution in [0.3, 0.4) is 0 Å². The molecule has 0 radical (unpaired) electrons. The highest BCUT2D eigenvalue weighted by Gasteiger charge is 2.40. The highest BCUT2D eigenvalue weighted by Crippen LogP contribution is 2.46. The second kappa shape index (κ2) is 3.24. The van der Waals surface area contributed by atoms with E-state index >= 15 is 0 Å². The van der Waals surface area contributed by atoms with Crippen molar-refractivity contribution in [2.75, 3.05) is 6.61 Å². The highest BCUT2D eigenvalue weighted by atomic mass is 16.5. The molecule has 0 aliphatic carbocycles. The molecule has 0 aromatic heterocycles. The number of aldehydes is 1. The SMILES string of the molecule is Cc1c(C)c2c(c(C)c1O)C(C)(C=O)CO2. The van der Waals surface area contributed by atoms with E-state index in [1.165, 1.54) is 0 Å². The Kier molecular flexibility index (Phi) is 2.22. The molecule has 2 rings (SSSR count). The first-order valence-corrected chi connectivity index (χ1v) is 5.34. The topological polar surface area (TPSA) is 46.5 Å². The van der Waals surface area contributed by atoms with Crippen LogP contribution in [0, 0.1) is 20.8 Å². The van der Waals surface area contributed by atoms with Gasteiger partial charge in [0.2, 0.25) is 0 Å². The molecule has 1 unspecified atom stereocenters. The maximum Gasteiger partial charge on any atom is 0.133 e. The summed E-state index contributed by atoms with van der Waals surface area (Å²) >= 11 is 0. The summed E-state index contributed by atoms with van der Waals surface area (Å²) < 4.78 is 5.61. The molecule has 0 spiro atoms. The van der Waals surface area contributed by atoms with E-state index in [0.717, 1.165) is 34.3 Å². The van der Waals surface area contributed by atoms with Gasteiger partial charge in [-0.2, -0.15) is 0 Å². The predicted molar refractivity (Wildman–Crippen MR) is 61.2 cm³/mol. The molecule has 0 saturated heterocycles. The van der Waals surface area contributed by atoms with E-state index in [4.69, 9.17) is 4.74 Å². The van der Waals surface area contributed by atoms with E-state index in [0.29, 0.717) is 6.61 Å². The van der Waals surface area contributed by atoms with Crippen molar-refractivity contribution < 1.29 is 14.6 Å². The summed E-state index contributed by atoms with van der Waals surface area (Å²) in [6, 6.07) is 0. The second-order valence-corrected chi connectivity index (χ2v) is 4.75. The average molecular weight is 220 g/mol. The van der Waals surface area contributed by atoms with Crippen molar-refractivity contribution in [2.45, 2.75) is 33.1 Å². The van der Waals surface area contributed by atoms with Gasteiger partial charge in [-0.1, -0.05) is 0 Å². The lowest BCUT2D eigenvalue weighted by Gasteiger charge is -2.18. The molecule has 1 aliphatic heterocycles. The minimum absolute atomic E-state index is 0.273. The molecule has 1 aliphatic rings. The molecule has 86 valence electrons. The molecule has 1 aromatic rings. The highest BCUT2D eigenvalue weighted by molar-refractivity contribution is 5.76. The third-order valence-electron chi connectivity index (χ3n) is 3.56. The Morgan fingerprint density at radius 1 is 1.25 bits per heavy atom. The fourth-order valence-electron chi connectivity index (χ4n) is 2.36. The van der Waals surface area contributed by atoms with E-state index < -0.39 is 5.41 Å². The first-order chi connectivity index (χ1) is 7.42. The van der Waals surface area contributed by atoms with Gasteiger partial charge in [0.25, 0.3) is 0 Å². The van der Waals surface area contributed by atoms with Crippen molar-refractivity contribution in [3.8, 4) is 11.5 Å². The Bertz CT molecular complexity index is 477. The molecule has 0 saturated carbocycles. The molecule has 3 nitrogen and oxygen atoms in total. The summed E-state index contributed by atoms with van der Waals surface area (Å²) in [5.74, 6) is 1.04. The Morgan fingerprint density at radius 2 is 1.88 bits per heavy atom. The van der Waals surface area contributed by atoms with E-state index in [9.17, 15) is 9.90 Å². The lowest BCUT2D eigenvalue weighted by atomic mass is 9.81. The Hall–Kier alpha value is -1.51. The van der Waals surface area contributed by atoms with Crippen molar-refractivity contribution in [1.29, 1.82) is 0 Å². The first-order valence-electron chi connectivity index (χ1n) is 5.34. The van der Waals surface area contributed by atoms with Gasteiger partial charge in [0.15, 0.2) is 0 Å². The summed E-state index contributed by atoms with van der Waals surface area (Å²) in [5, 5.41) is 10.0. The van der Waals surface area contributed by atoms with Gasteiger partial charge in [-0.05, 0) is 44.4 Å². The van der Waals surface area contributed by atoms with Crippen LogP contribution in [0.2, 0.25) is 0 Å². The zero-order valence-corrected chi connectivity index (χ0v) is 10.0. The zero-order chi connectivity index (χ0) is 12.1. The fourth-order valence-corrected chi connectivity index (χ4v) is 2.36. The van der Waals surface area contributed by atoms with Gasteiger partial charge in [0.05, 0.1) is 5.41 Å². The van der Waals surface area contributed by atoms with E-state index in [2.05, 4.69) is 0 Å². The number of rotatable bonds is 1.